The Morgan fingerprint density at radius 3 is 2.82 bits per heavy atom. The summed E-state index contributed by atoms with van der Waals surface area (Å²) in [5, 5.41) is 13.5. The number of nitrogens with one attached hydrogen (secondary N) is 1. The van der Waals surface area contributed by atoms with Gasteiger partial charge in [0.2, 0.25) is 0 Å². The number of amides is 1. The number of nitrogen functional groups attached to an aromatic ring is 1. The molecule has 0 spiro atoms. The second kappa shape index (κ2) is 9.46. The maximum Gasteiger partial charge on any atom is 0.259 e. The second-order valence-electron chi connectivity index (χ2n) is 8.78. The minimum absolute atomic E-state index is 0.125. The predicted molar refractivity (Wildman–Crippen MR) is 148 cm³/mol. The quantitative estimate of drug-likeness (QED) is 0.338. The Labute approximate surface area is 222 Å². The van der Waals surface area contributed by atoms with Gasteiger partial charge in [-0.25, -0.2) is 14.5 Å². The summed E-state index contributed by atoms with van der Waals surface area (Å²) in [6, 6.07) is 13.3. The molecule has 186 valence electrons. The van der Waals surface area contributed by atoms with Crippen LogP contribution in [0.25, 0.3) is 27.1 Å². The summed E-state index contributed by atoms with van der Waals surface area (Å²) >= 11 is 1.57. The molecule has 5 aromatic heterocycles. The molecular formula is C28H22N8OS. The van der Waals surface area contributed by atoms with E-state index in [2.05, 4.69) is 38.4 Å². The van der Waals surface area contributed by atoms with Crippen LogP contribution in [0.3, 0.4) is 0 Å². The maximum absolute atomic E-state index is 13.3. The molecule has 1 amide bonds. The highest BCUT2D eigenvalue weighted by Crippen LogP contribution is 2.34. The molecular weight excluding hydrogens is 496 g/mol. The minimum atomic E-state index is -0.375. The number of fused-ring (bicyclic) bond motifs is 2. The first-order valence-corrected chi connectivity index (χ1v) is 12.7. The molecule has 0 aliphatic rings. The number of pyridine rings is 1. The molecule has 0 bridgehead atoms. The molecule has 10 heteroatoms. The summed E-state index contributed by atoms with van der Waals surface area (Å²) < 4.78 is 4.20. The van der Waals surface area contributed by atoms with Gasteiger partial charge in [0.1, 0.15) is 5.56 Å². The molecule has 0 saturated heterocycles. The first kappa shape index (κ1) is 23.4. The van der Waals surface area contributed by atoms with Gasteiger partial charge in [-0.1, -0.05) is 42.2 Å². The van der Waals surface area contributed by atoms with E-state index in [4.69, 9.17) is 10.7 Å². The third-order valence-electron chi connectivity index (χ3n) is 6.13. The Hall–Kier alpha value is -5.01. The second-order valence-corrected chi connectivity index (χ2v) is 9.70. The average molecular weight is 519 g/mol. The summed E-state index contributed by atoms with van der Waals surface area (Å²) in [5.41, 5.74) is 11.8. The number of nitrogens with zero attached hydrogens (tertiary/aromatic N) is 6. The molecule has 6 aromatic rings. The van der Waals surface area contributed by atoms with Crippen molar-refractivity contribution in [1.82, 2.24) is 34.7 Å². The van der Waals surface area contributed by atoms with Gasteiger partial charge in [-0.05, 0) is 19.1 Å². The van der Waals surface area contributed by atoms with Crippen LogP contribution in [0.2, 0.25) is 0 Å². The molecule has 0 fully saturated rings. The molecule has 6 rings (SSSR count). The minimum Gasteiger partial charge on any atom is -0.381 e. The Kier molecular flexibility index (Phi) is 5.82. The third kappa shape index (κ3) is 4.25. The van der Waals surface area contributed by atoms with Crippen molar-refractivity contribution in [3.05, 3.63) is 94.9 Å². The number of anilines is 1. The third-order valence-corrected chi connectivity index (χ3v) is 7.05. The van der Waals surface area contributed by atoms with Crippen molar-refractivity contribution in [2.45, 2.75) is 13.0 Å². The van der Waals surface area contributed by atoms with E-state index >= 15 is 0 Å². The van der Waals surface area contributed by atoms with Crippen LogP contribution < -0.4 is 11.1 Å². The fourth-order valence-corrected chi connectivity index (χ4v) is 5.19. The van der Waals surface area contributed by atoms with Crippen molar-refractivity contribution >= 4 is 38.9 Å². The van der Waals surface area contributed by atoms with Gasteiger partial charge >= 0.3 is 0 Å². The molecule has 1 atom stereocenters. The van der Waals surface area contributed by atoms with Gasteiger partial charge in [-0.2, -0.15) is 5.10 Å². The predicted octanol–water partition coefficient (Wildman–Crippen LogP) is 4.21. The van der Waals surface area contributed by atoms with Gasteiger partial charge in [0.25, 0.3) is 5.91 Å². The van der Waals surface area contributed by atoms with E-state index in [1.165, 1.54) is 4.52 Å². The van der Waals surface area contributed by atoms with E-state index in [-0.39, 0.29) is 23.3 Å². The number of nitrogens with two attached hydrogens (primary N) is 1. The number of hydrogen-bond donors (Lipinski definition) is 2. The van der Waals surface area contributed by atoms with Gasteiger partial charge < -0.3 is 11.1 Å². The summed E-state index contributed by atoms with van der Waals surface area (Å²) in [6.07, 6.45) is 6.92. The molecule has 0 saturated carbocycles. The number of benzene rings is 1. The van der Waals surface area contributed by atoms with Crippen molar-refractivity contribution < 1.29 is 4.79 Å². The van der Waals surface area contributed by atoms with Gasteiger partial charge in [-0.15, -0.1) is 16.4 Å². The van der Waals surface area contributed by atoms with Crippen LogP contribution in [0.4, 0.5) is 5.82 Å². The van der Waals surface area contributed by atoms with Crippen molar-refractivity contribution in [3.8, 4) is 23.1 Å². The Morgan fingerprint density at radius 2 is 2.03 bits per heavy atom. The van der Waals surface area contributed by atoms with Crippen LogP contribution >= 0.6 is 11.3 Å². The highest BCUT2D eigenvalue weighted by molar-refractivity contribution is 7.17. The fourth-order valence-electron chi connectivity index (χ4n) is 4.31. The Morgan fingerprint density at radius 1 is 1.18 bits per heavy atom. The SMILES string of the molecule is C[C@H](NC(=O)c1c(N)nn2cccnc12)c1cc2scc(C#Cc3cnn(C)c3)c2nc1-c1ccccc1. The number of carbonyl (C=O) groups is 1. The highest BCUT2D eigenvalue weighted by Gasteiger charge is 2.23. The van der Waals surface area contributed by atoms with E-state index in [1.807, 2.05) is 55.9 Å². The van der Waals surface area contributed by atoms with Crippen molar-refractivity contribution in [2.24, 2.45) is 7.05 Å². The van der Waals surface area contributed by atoms with Crippen LogP contribution in [0, 0.1) is 11.8 Å². The van der Waals surface area contributed by atoms with Crippen LogP contribution in [-0.4, -0.2) is 35.3 Å². The van der Waals surface area contributed by atoms with Crippen molar-refractivity contribution in [1.29, 1.82) is 0 Å². The zero-order valence-corrected chi connectivity index (χ0v) is 21.4. The van der Waals surface area contributed by atoms with Crippen LogP contribution in [-0.2, 0) is 7.05 Å². The number of thiophene rings is 1. The molecule has 38 heavy (non-hydrogen) atoms. The Balaban J connectivity index is 1.40. The molecule has 5 heterocycles. The number of aromatic nitrogens is 6. The fraction of sp³-hybridized carbons (Fsp3) is 0.107. The zero-order valence-electron chi connectivity index (χ0n) is 20.6. The highest BCUT2D eigenvalue weighted by atomic mass is 32.1. The van der Waals surface area contributed by atoms with E-state index in [0.29, 0.717) is 5.65 Å². The van der Waals surface area contributed by atoms with Crippen LogP contribution in [0.1, 0.15) is 40.0 Å². The first-order valence-electron chi connectivity index (χ1n) is 11.9. The van der Waals surface area contributed by atoms with E-state index in [0.717, 1.165) is 38.2 Å². The monoisotopic (exact) mass is 518 g/mol. The molecule has 0 unspecified atom stereocenters. The Bertz CT molecular complexity index is 1870. The molecule has 0 aliphatic carbocycles. The van der Waals surface area contributed by atoms with E-state index < -0.39 is 0 Å². The lowest BCUT2D eigenvalue weighted by atomic mass is 9.99. The lowest BCUT2D eigenvalue weighted by molar-refractivity contribution is 0.0942. The van der Waals surface area contributed by atoms with Gasteiger partial charge in [-0.3, -0.25) is 9.48 Å². The van der Waals surface area contributed by atoms with Crippen LogP contribution in [0.15, 0.2) is 72.6 Å². The number of aryl methyl sites for hydroxylation is 1. The molecule has 0 radical (unpaired) electrons. The largest absolute Gasteiger partial charge is 0.381 e. The van der Waals surface area contributed by atoms with Gasteiger partial charge in [0.15, 0.2) is 11.5 Å². The number of hydrogen-bond acceptors (Lipinski definition) is 7. The van der Waals surface area contributed by atoms with Crippen molar-refractivity contribution in [2.75, 3.05) is 5.73 Å². The smallest absolute Gasteiger partial charge is 0.259 e. The molecule has 3 N–H and O–H groups in total. The van der Waals surface area contributed by atoms with Crippen LogP contribution in [0.5, 0.6) is 0 Å². The summed E-state index contributed by atoms with van der Waals surface area (Å²) in [5.74, 6) is 6.19. The lowest BCUT2D eigenvalue weighted by Crippen LogP contribution is -2.28. The topological polar surface area (TPSA) is 116 Å². The molecule has 1 aromatic carbocycles. The molecule has 0 aliphatic heterocycles. The average Bonchev–Trinajstić information content (AvgIpc) is 3.62. The summed E-state index contributed by atoms with van der Waals surface area (Å²) in [4.78, 5) is 22.7. The van der Waals surface area contributed by atoms with Crippen molar-refractivity contribution in [3.63, 3.8) is 0 Å². The van der Waals surface area contributed by atoms with Gasteiger partial charge in [0.05, 0.1) is 39.3 Å². The van der Waals surface area contributed by atoms with E-state index in [9.17, 15) is 4.79 Å². The van der Waals surface area contributed by atoms with E-state index in [1.54, 1.807) is 40.7 Å². The lowest BCUT2D eigenvalue weighted by Gasteiger charge is -2.18. The normalized spacial score (nSPS) is 11.8. The van der Waals surface area contributed by atoms with Gasteiger partial charge in [0, 0.05) is 42.1 Å². The summed E-state index contributed by atoms with van der Waals surface area (Å²) in [6.45, 7) is 1.93. The molecule has 9 nitrogen and oxygen atoms in total. The number of rotatable bonds is 4. The zero-order chi connectivity index (χ0) is 26.2. The maximum atomic E-state index is 13.3. The summed E-state index contributed by atoms with van der Waals surface area (Å²) in [7, 11) is 1.86. The standard InChI is InChI=1S/C28H22N8OS/c1-17(32-28(37)23-26(29)34-36-12-6-11-30-27(23)36)21-13-22-25(33-24(21)19-7-4-3-5-8-19)20(16-38-22)10-9-18-14-31-35(2)15-18/h3-8,11-17H,1-2H3,(H2,29,34)(H,32,37)/t17-/m0/s1. The number of carbonyl (C=O) groups excluding carboxylic acids is 1. The first-order chi connectivity index (χ1) is 18.5.